The minimum absolute atomic E-state index is 0.256. The number of rotatable bonds is 4. The number of carbonyl (C=O) groups excluding carboxylic acids is 2. The van der Waals surface area contributed by atoms with Crippen LogP contribution in [0.15, 0.2) is 42.5 Å². The molecule has 0 bridgehead atoms. The summed E-state index contributed by atoms with van der Waals surface area (Å²) in [6, 6.07) is 13.3. The summed E-state index contributed by atoms with van der Waals surface area (Å²) >= 11 is 0. The Kier molecular flexibility index (Phi) is 5.44. The van der Waals surface area contributed by atoms with E-state index < -0.39 is 17.7 Å². The SMILES string of the molecule is CNC(=O)[C@H](Cc1ccc2ccccc2c1)NC(=O)OC(C)(C)C. The van der Waals surface area contributed by atoms with Crippen molar-refractivity contribution in [3.05, 3.63) is 48.0 Å². The molecule has 0 radical (unpaired) electrons. The van der Waals surface area contributed by atoms with Crippen LogP contribution in [0, 0.1) is 0 Å². The number of benzene rings is 2. The van der Waals surface area contributed by atoms with Gasteiger partial charge in [0, 0.05) is 13.5 Å². The highest BCUT2D eigenvalue weighted by molar-refractivity contribution is 5.86. The van der Waals surface area contributed by atoms with Crippen molar-refractivity contribution >= 4 is 22.8 Å². The lowest BCUT2D eigenvalue weighted by Crippen LogP contribution is -2.48. The fraction of sp³-hybridized carbons (Fsp3) is 0.368. The number of alkyl carbamates (subject to hydrolysis) is 1. The summed E-state index contributed by atoms with van der Waals surface area (Å²) in [5.41, 5.74) is 0.360. The highest BCUT2D eigenvalue weighted by atomic mass is 16.6. The van der Waals surface area contributed by atoms with Crippen LogP contribution in [0.2, 0.25) is 0 Å². The maximum atomic E-state index is 12.1. The first-order chi connectivity index (χ1) is 11.3. The molecule has 5 heteroatoms. The second-order valence-electron chi connectivity index (χ2n) is 6.70. The van der Waals surface area contributed by atoms with Crippen molar-refractivity contribution in [2.75, 3.05) is 7.05 Å². The highest BCUT2D eigenvalue weighted by Crippen LogP contribution is 2.17. The van der Waals surface area contributed by atoms with Crippen LogP contribution in [0.1, 0.15) is 26.3 Å². The fourth-order valence-corrected chi connectivity index (χ4v) is 2.43. The van der Waals surface area contributed by atoms with E-state index in [-0.39, 0.29) is 5.91 Å². The van der Waals surface area contributed by atoms with Gasteiger partial charge in [0.25, 0.3) is 0 Å². The Morgan fingerprint density at radius 2 is 1.75 bits per heavy atom. The summed E-state index contributed by atoms with van der Waals surface area (Å²) in [6.07, 6.45) is -0.207. The third kappa shape index (κ3) is 4.98. The van der Waals surface area contributed by atoms with Gasteiger partial charge in [0.15, 0.2) is 0 Å². The predicted octanol–water partition coefficient (Wildman–Crippen LogP) is 3.02. The summed E-state index contributed by atoms with van der Waals surface area (Å²) in [4.78, 5) is 24.1. The van der Waals surface area contributed by atoms with Crippen LogP contribution < -0.4 is 10.6 Å². The first kappa shape index (κ1) is 17.8. The Morgan fingerprint density at radius 1 is 1.08 bits per heavy atom. The second kappa shape index (κ2) is 7.34. The molecule has 0 aliphatic carbocycles. The molecular weight excluding hydrogens is 304 g/mol. The lowest BCUT2D eigenvalue weighted by atomic mass is 10.0. The van der Waals surface area contributed by atoms with Crippen LogP contribution in [-0.4, -0.2) is 30.7 Å². The number of fused-ring (bicyclic) bond motifs is 1. The summed E-state index contributed by atoms with van der Waals surface area (Å²) in [5, 5.41) is 7.47. The van der Waals surface area contributed by atoms with Gasteiger partial charge in [-0.25, -0.2) is 4.79 Å². The molecule has 2 N–H and O–H groups in total. The maximum absolute atomic E-state index is 12.1. The van der Waals surface area contributed by atoms with Gasteiger partial charge in [-0.1, -0.05) is 42.5 Å². The number of amides is 2. The van der Waals surface area contributed by atoms with E-state index in [2.05, 4.69) is 10.6 Å². The summed E-state index contributed by atoms with van der Waals surface area (Å²) in [6.45, 7) is 5.35. The average Bonchev–Trinajstić information content (AvgIpc) is 2.51. The number of hydrogen-bond donors (Lipinski definition) is 2. The van der Waals surface area contributed by atoms with Crippen LogP contribution in [0.25, 0.3) is 10.8 Å². The quantitative estimate of drug-likeness (QED) is 0.906. The van der Waals surface area contributed by atoms with Gasteiger partial charge in [-0.05, 0) is 37.1 Å². The molecule has 24 heavy (non-hydrogen) atoms. The van der Waals surface area contributed by atoms with Crippen LogP contribution in [-0.2, 0) is 16.0 Å². The van der Waals surface area contributed by atoms with E-state index in [9.17, 15) is 9.59 Å². The molecule has 0 fully saturated rings. The zero-order chi connectivity index (χ0) is 17.7. The van der Waals surface area contributed by atoms with Crippen molar-refractivity contribution < 1.29 is 14.3 Å². The van der Waals surface area contributed by atoms with Gasteiger partial charge in [-0.15, -0.1) is 0 Å². The maximum Gasteiger partial charge on any atom is 0.408 e. The molecule has 0 heterocycles. The average molecular weight is 328 g/mol. The smallest absolute Gasteiger partial charge is 0.408 e. The minimum Gasteiger partial charge on any atom is -0.444 e. The standard InChI is InChI=1S/C19H24N2O3/c1-19(2,3)24-18(23)21-16(17(22)20-4)12-13-9-10-14-7-5-6-8-15(14)11-13/h5-11,16H,12H2,1-4H3,(H,20,22)(H,21,23)/t16-/m0/s1. The monoisotopic (exact) mass is 328 g/mol. The first-order valence-corrected chi connectivity index (χ1v) is 7.97. The molecule has 2 rings (SSSR count). The van der Waals surface area contributed by atoms with Gasteiger partial charge in [-0.2, -0.15) is 0 Å². The number of hydrogen-bond acceptors (Lipinski definition) is 3. The van der Waals surface area contributed by atoms with Crippen LogP contribution in [0.3, 0.4) is 0 Å². The van der Waals surface area contributed by atoms with Crippen molar-refractivity contribution in [1.29, 1.82) is 0 Å². The Labute approximate surface area is 142 Å². The van der Waals surface area contributed by atoms with E-state index in [1.54, 1.807) is 27.8 Å². The molecule has 0 aliphatic heterocycles. The van der Waals surface area contributed by atoms with Crippen molar-refractivity contribution in [3.8, 4) is 0 Å². The summed E-state index contributed by atoms with van der Waals surface area (Å²) in [7, 11) is 1.55. The van der Waals surface area contributed by atoms with Gasteiger partial charge >= 0.3 is 6.09 Å². The fourth-order valence-electron chi connectivity index (χ4n) is 2.43. The lowest BCUT2D eigenvalue weighted by Gasteiger charge is -2.23. The third-order valence-electron chi connectivity index (χ3n) is 3.51. The van der Waals surface area contributed by atoms with E-state index in [1.807, 2.05) is 42.5 Å². The molecule has 0 saturated carbocycles. The molecule has 5 nitrogen and oxygen atoms in total. The van der Waals surface area contributed by atoms with Crippen molar-refractivity contribution in [1.82, 2.24) is 10.6 Å². The Morgan fingerprint density at radius 3 is 2.38 bits per heavy atom. The molecular formula is C19H24N2O3. The zero-order valence-electron chi connectivity index (χ0n) is 14.6. The molecule has 2 amide bonds. The second-order valence-corrected chi connectivity index (χ2v) is 6.70. The van der Waals surface area contributed by atoms with Crippen molar-refractivity contribution in [2.45, 2.75) is 38.8 Å². The normalized spacial score (nSPS) is 12.5. The Hall–Kier alpha value is -2.56. The third-order valence-corrected chi connectivity index (χ3v) is 3.51. The van der Waals surface area contributed by atoms with Gasteiger partial charge in [0.05, 0.1) is 0 Å². The molecule has 0 spiro atoms. The van der Waals surface area contributed by atoms with Gasteiger partial charge in [0.1, 0.15) is 11.6 Å². The number of likely N-dealkylation sites (N-methyl/N-ethyl adjacent to an activating group) is 1. The lowest BCUT2D eigenvalue weighted by molar-refractivity contribution is -0.122. The van der Waals surface area contributed by atoms with E-state index >= 15 is 0 Å². The Bertz CT molecular complexity index is 735. The summed E-state index contributed by atoms with van der Waals surface area (Å²) in [5.74, 6) is -0.256. The molecule has 0 aromatic heterocycles. The van der Waals surface area contributed by atoms with E-state index in [4.69, 9.17) is 4.74 Å². The van der Waals surface area contributed by atoms with Gasteiger partial charge < -0.3 is 15.4 Å². The number of ether oxygens (including phenoxy) is 1. The van der Waals surface area contributed by atoms with Crippen LogP contribution in [0.5, 0.6) is 0 Å². The van der Waals surface area contributed by atoms with Crippen LogP contribution in [0.4, 0.5) is 4.79 Å². The Balaban J connectivity index is 2.15. The van der Waals surface area contributed by atoms with E-state index in [0.717, 1.165) is 16.3 Å². The topological polar surface area (TPSA) is 67.4 Å². The molecule has 0 saturated heterocycles. The zero-order valence-corrected chi connectivity index (χ0v) is 14.6. The predicted molar refractivity (Wildman–Crippen MR) is 94.9 cm³/mol. The molecule has 0 aliphatic rings. The molecule has 2 aromatic carbocycles. The minimum atomic E-state index is -0.689. The number of carbonyl (C=O) groups is 2. The van der Waals surface area contributed by atoms with E-state index in [1.165, 1.54) is 0 Å². The first-order valence-electron chi connectivity index (χ1n) is 7.97. The summed E-state index contributed by atoms with van der Waals surface area (Å²) < 4.78 is 5.24. The number of nitrogens with one attached hydrogen (secondary N) is 2. The molecule has 0 unspecified atom stereocenters. The molecule has 1 atom stereocenters. The molecule has 2 aromatic rings. The van der Waals surface area contributed by atoms with Crippen molar-refractivity contribution in [2.24, 2.45) is 0 Å². The van der Waals surface area contributed by atoms with E-state index in [0.29, 0.717) is 6.42 Å². The molecule has 128 valence electrons. The highest BCUT2D eigenvalue weighted by Gasteiger charge is 2.24. The van der Waals surface area contributed by atoms with Gasteiger partial charge in [0.2, 0.25) is 5.91 Å². The van der Waals surface area contributed by atoms with Gasteiger partial charge in [-0.3, -0.25) is 4.79 Å². The van der Waals surface area contributed by atoms with Crippen LogP contribution >= 0.6 is 0 Å². The largest absolute Gasteiger partial charge is 0.444 e. The van der Waals surface area contributed by atoms with Crippen molar-refractivity contribution in [3.63, 3.8) is 0 Å².